The first-order valence-corrected chi connectivity index (χ1v) is 12.5. The van der Waals surface area contributed by atoms with Crippen LogP contribution in [0.25, 0.3) is 0 Å². The van der Waals surface area contributed by atoms with Gasteiger partial charge in [-0.15, -0.1) is 11.8 Å². The molecule has 2 heterocycles. The molecule has 2 aliphatic heterocycles. The third-order valence-electron chi connectivity index (χ3n) is 5.93. The number of thioether (sulfide) groups is 1. The molecule has 1 spiro atoms. The summed E-state index contributed by atoms with van der Waals surface area (Å²) in [5, 5.41) is 11.1. The number of hydrogen-bond acceptors (Lipinski definition) is 7. The van der Waals surface area contributed by atoms with Gasteiger partial charge < -0.3 is 9.64 Å². The second kappa shape index (κ2) is 8.72. The van der Waals surface area contributed by atoms with E-state index in [9.17, 15) is 23.3 Å². The first-order chi connectivity index (χ1) is 15.3. The molecule has 2 aromatic carbocycles. The molecule has 9 nitrogen and oxygen atoms in total. The minimum Gasteiger partial charge on any atom is -0.497 e. The molecule has 4 rings (SSSR count). The summed E-state index contributed by atoms with van der Waals surface area (Å²) in [6, 6.07) is 12.0. The minimum absolute atomic E-state index is 0.128. The number of rotatable bonds is 5. The summed E-state index contributed by atoms with van der Waals surface area (Å²) < 4.78 is 32.7. The number of nitro benzene ring substituents is 1. The fourth-order valence-corrected chi connectivity index (χ4v) is 7.09. The molecular formula is C21H23N3O6S2. The lowest BCUT2D eigenvalue weighted by Gasteiger charge is -2.43. The van der Waals surface area contributed by atoms with Gasteiger partial charge in [0.1, 0.15) is 5.75 Å². The van der Waals surface area contributed by atoms with Gasteiger partial charge in [-0.1, -0.05) is 6.07 Å². The third kappa shape index (κ3) is 4.07. The van der Waals surface area contributed by atoms with E-state index in [1.165, 1.54) is 41.7 Å². The molecule has 11 heteroatoms. The van der Waals surface area contributed by atoms with Crippen molar-refractivity contribution in [3.05, 3.63) is 64.2 Å². The van der Waals surface area contributed by atoms with Crippen LogP contribution in [0.1, 0.15) is 23.2 Å². The van der Waals surface area contributed by atoms with E-state index in [2.05, 4.69) is 0 Å². The summed E-state index contributed by atoms with van der Waals surface area (Å²) >= 11 is 1.65. The summed E-state index contributed by atoms with van der Waals surface area (Å²) in [4.78, 5) is 25.2. The van der Waals surface area contributed by atoms with Gasteiger partial charge in [0.05, 0.1) is 21.8 Å². The van der Waals surface area contributed by atoms with E-state index in [4.69, 9.17) is 4.74 Å². The Morgan fingerprint density at radius 1 is 1.12 bits per heavy atom. The van der Waals surface area contributed by atoms with Crippen molar-refractivity contribution in [3.8, 4) is 5.75 Å². The zero-order chi connectivity index (χ0) is 22.9. The normalized spacial score (nSPS) is 18.6. The highest BCUT2D eigenvalue weighted by Crippen LogP contribution is 2.45. The van der Waals surface area contributed by atoms with E-state index in [0.29, 0.717) is 38.2 Å². The molecule has 2 fully saturated rings. The Morgan fingerprint density at radius 2 is 1.81 bits per heavy atom. The maximum absolute atomic E-state index is 13.2. The van der Waals surface area contributed by atoms with Crippen LogP contribution in [-0.2, 0) is 10.0 Å². The predicted octanol–water partition coefficient (Wildman–Crippen LogP) is 2.97. The van der Waals surface area contributed by atoms with Crippen LogP contribution in [0.15, 0.2) is 53.4 Å². The van der Waals surface area contributed by atoms with Crippen LogP contribution in [0.3, 0.4) is 0 Å². The molecule has 1 amide bonds. The third-order valence-corrected chi connectivity index (χ3v) is 9.39. The molecule has 0 bridgehead atoms. The average molecular weight is 478 g/mol. The van der Waals surface area contributed by atoms with Crippen LogP contribution >= 0.6 is 11.8 Å². The Labute approximate surface area is 190 Å². The number of sulfonamides is 1. The summed E-state index contributed by atoms with van der Waals surface area (Å²) in [6.45, 7) is 1.11. The molecule has 170 valence electrons. The Bertz CT molecular complexity index is 1130. The number of piperidine rings is 1. The van der Waals surface area contributed by atoms with Crippen LogP contribution in [0.2, 0.25) is 0 Å². The largest absolute Gasteiger partial charge is 0.497 e. The first-order valence-electron chi connectivity index (χ1n) is 10.1. The number of methoxy groups -OCH3 is 1. The average Bonchev–Trinajstić information content (AvgIpc) is 3.21. The molecule has 0 atom stereocenters. The van der Waals surface area contributed by atoms with E-state index < -0.39 is 19.8 Å². The van der Waals surface area contributed by atoms with Gasteiger partial charge in [-0.2, -0.15) is 4.31 Å². The number of non-ortho nitro benzene ring substituents is 1. The van der Waals surface area contributed by atoms with E-state index in [1.54, 1.807) is 34.9 Å². The van der Waals surface area contributed by atoms with Crippen molar-refractivity contribution in [2.45, 2.75) is 22.6 Å². The summed E-state index contributed by atoms with van der Waals surface area (Å²) in [5.41, 5.74) is 0.145. The monoisotopic (exact) mass is 477 g/mol. The van der Waals surface area contributed by atoms with Gasteiger partial charge >= 0.3 is 0 Å². The maximum Gasteiger partial charge on any atom is 0.270 e. The summed E-state index contributed by atoms with van der Waals surface area (Å²) in [7, 11) is -2.13. The van der Waals surface area contributed by atoms with E-state index in [1.807, 2.05) is 0 Å². The highest BCUT2D eigenvalue weighted by molar-refractivity contribution is 8.00. The van der Waals surface area contributed by atoms with Gasteiger partial charge in [-0.25, -0.2) is 8.42 Å². The molecule has 0 saturated carbocycles. The lowest BCUT2D eigenvalue weighted by Crippen LogP contribution is -2.53. The van der Waals surface area contributed by atoms with Crippen LogP contribution in [0, 0.1) is 10.1 Å². The van der Waals surface area contributed by atoms with Gasteiger partial charge in [0.25, 0.3) is 11.6 Å². The summed E-state index contributed by atoms with van der Waals surface area (Å²) in [6.07, 6.45) is 0.988. The second-order valence-corrected chi connectivity index (χ2v) is 11.0. The van der Waals surface area contributed by atoms with Crippen LogP contribution < -0.4 is 4.74 Å². The Balaban J connectivity index is 1.50. The van der Waals surface area contributed by atoms with Gasteiger partial charge in [0.15, 0.2) is 0 Å². The molecular weight excluding hydrogens is 454 g/mol. The van der Waals surface area contributed by atoms with Crippen molar-refractivity contribution in [2.24, 2.45) is 0 Å². The van der Waals surface area contributed by atoms with Gasteiger partial charge in [-0.3, -0.25) is 14.9 Å². The predicted molar refractivity (Wildman–Crippen MR) is 120 cm³/mol. The van der Waals surface area contributed by atoms with Gasteiger partial charge in [0, 0.05) is 43.1 Å². The highest BCUT2D eigenvalue weighted by Gasteiger charge is 2.48. The highest BCUT2D eigenvalue weighted by atomic mass is 32.2. The number of carbonyl (C=O) groups excluding carboxylic acids is 1. The maximum atomic E-state index is 13.2. The topological polar surface area (TPSA) is 110 Å². The number of nitro groups is 1. The van der Waals surface area contributed by atoms with Crippen LogP contribution in [0.4, 0.5) is 5.69 Å². The zero-order valence-corrected chi connectivity index (χ0v) is 19.1. The molecule has 2 aliphatic rings. The van der Waals surface area contributed by atoms with Crippen LogP contribution in [0.5, 0.6) is 5.75 Å². The van der Waals surface area contributed by atoms with Crippen molar-refractivity contribution in [1.29, 1.82) is 0 Å². The number of carbonyl (C=O) groups is 1. The second-order valence-electron chi connectivity index (χ2n) is 7.64. The summed E-state index contributed by atoms with van der Waals surface area (Å²) in [5.74, 6) is 1.07. The smallest absolute Gasteiger partial charge is 0.270 e. The molecule has 2 saturated heterocycles. The number of nitrogens with zero attached hydrogens (tertiary/aromatic N) is 3. The molecule has 0 radical (unpaired) electrons. The Morgan fingerprint density at radius 3 is 2.44 bits per heavy atom. The fraction of sp³-hybridized carbons (Fsp3) is 0.381. The van der Waals surface area contributed by atoms with E-state index in [-0.39, 0.29) is 22.1 Å². The molecule has 32 heavy (non-hydrogen) atoms. The zero-order valence-electron chi connectivity index (χ0n) is 17.5. The molecule has 0 aliphatic carbocycles. The van der Waals surface area contributed by atoms with E-state index in [0.717, 1.165) is 5.75 Å². The van der Waals surface area contributed by atoms with Crippen molar-refractivity contribution in [2.75, 3.05) is 32.5 Å². The van der Waals surface area contributed by atoms with Crippen LogP contribution in [-0.4, -0.2) is 65.8 Å². The quantitative estimate of drug-likeness (QED) is 0.481. The fourth-order valence-electron chi connectivity index (χ4n) is 4.19. The van der Waals surface area contributed by atoms with E-state index >= 15 is 0 Å². The van der Waals surface area contributed by atoms with Crippen molar-refractivity contribution in [1.82, 2.24) is 9.21 Å². The molecule has 0 aromatic heterocycles. The minimum atomic E-state index is -3.65. The van der Waals surface area contributed by atoms with Crippen molar-refractivity contribution < 1.29 is 22.9 Å². The van der Waals surface area contributed by atoms with Crippen molar-refractivity contribution in [3.63, 3.8) is 0 Å². The standard InChI is InChI=1S/C21H23N3O6S2/c1-30-18-5-7-19(8-6-18)32(28,29)22-11-9-21(10-12-22)23(13-14-31-21)20(25)16-3-2-4-17(15-16)24(26)27/h2-8,15H,9-14H2,1H3. The number of ether oxygens (including phenoxy) is 1. The number of amides is 1. The lowest BCUT2D eigenvalue weighted by atomic mass is 10.0. The number of benzene rings is 2. The van der Waals surface area contributed by atoms with Gasteiger partial charge in [0.2, 0.25) is 10.0 Å². The van der Waals surface area contributed by atoms with Gasteiger partial charge in [-0.05, 0) is 43.2 Å². The molecule has 2 aromatic rings. The SMILES string of the molecule is COc1ccc(S(=O)(=O)N2CCC3(CC2)SCCN3C(=O)c2cccc([N+](=O)[O-])c2)cc1. The lowest BCUT2D eigenvalue weighted by molar-refractivity contribution is -0.384. The molecule has 0 N–H and O–H groups in total. The molecule has 0 unspecified atom stereocenters. The first kappa shape index (κ1) is 22.6. The Kier molecular flexibility index (Phi) is 6.15. The number of hydrogen-bond donors (Lipinski definition) is 0. The Hall–Kier alpha value is -2.63. The van der Waals surface area contributed by atoms with Crippen molar-refractivity contribution >= 4 is 33.4 Å².